The van der Waals surface area contributed by atoms with Crippen LogP contribution in [0.5, 0.6) is 0 Å². The highest BCUT2D eigenvalue weighted by molar-refractivity contribution is 6.31. The average Bonchev–Trinajstić information content (AvgIpc) is 3.00. The minimum Gasteiger partial charge on any atom is -0.354 e. The fraction of sp³-hybridized carbons (Fsp3) is 0.550. The molecule has 146 valence electrons. The first-order valence-corrected chi connectivity index (χ1v) is 9.95. The van der Waals surface area contributed by atoms with Crippen molar-refractivity contribution < 1.29 is 4.79 Å². The number of likely N-dealkylation sites (tertiary alicyclic amines) is 1. The molecule has 1 fully saturated rings. The molecule has 0 spiro atoms. The van der Waals surface area contributed by atoms with Gasteiger partial charge in [-0.3, -0.25) is 9.69 Å². The van der Waals surface area contributed by atoms with Crippen LogP contribution in [0.3, 0.4) is 0 Å². The number of rotatable bonds is 6. The van der Waals surface area contributed by atoms with E-state index in [1.54, 1.807) is 0 Å². The van der Waals surface area contributed by atoms with E-state index in [1.165, 1.54) is 0 Å². The number of carbonyl (C=O) groups excluding carboxylic acids is 1. The van der Waals surface area contributed by atoms with Crippen LogP contribution in [0.1, 0.15) is 43.0 Å². The van der Waals surface area contributed by atoms with Gasteiger partial charge in [0.05, 0.1) is 6.04 Å². The zero-order valence-electron chi connectivity index (χ0n) is 16.3. The third kappa shape index (κ3) is 5.08. The Morgan fingerprint density at radius 3 is 2.63 bits per heavy atom. The van der Waals surface area contributed by atoms with E-state index in [2.05, 4.69) is 26.4 Å². The maximum absolute atomic E-state index is 12.5. The van der Waals surface area contributed by atoms with Crippen LogP contribution >= 0.6 is 11.6 Å². The summed E-state index contributed by atoms with van der Waals surface area (Å²) in [6.07, 6.45) is 1.76. The number of hydrogen-bond donors (Lipinski definition) is 1. The third-order valence-electron chi connectivity index (χ3n) is 5.21. The van der Waals surface area contributed by atoms with Crippen LogP contribution in [-0.2, 0) is 11.3 Å². The Morgan fingerprint density at radius 1 is 1.30 bits per heavy atom. The van der Waals surface area contributed by atoms with E-state index in [4.69, 9.17) is 11.6 Å². The summed E-state index contributed by atoms with van der Waals surface area (Å²) in [4.78, 5) is 19.2. The molecule has 27 heavy (non-hydrogen) atoms. The second-order valence-electron chi connectivity index (χ2n) is 7.39. The van der Waals surface area contributed by atoms with Crippen molar-refractivity contribution in [1.29, 1.82) is 0 Å². The zero-order valence-corrected chi connectivity index (χ0v) is 17.0. The first kappa shape index (κ1) is 19.8. The molecule has 6 nitrogen and oxygen atoms in total. The van der Waals surface area contributed by atoms with Gasteiger partial charge in [0.15, 0.2) is 0 Å². The van der Waals surface area contributed by atoms with Crippen molar-refractivity contribution in [2.75, 3.05) is 19.6 Å². The van der Waals surface area contributed by atoms with Gasteiger partial charge in [0, 0.05) is 24.0 Å². The Bertz CT molecular complexity index is 782. The molecule has 0 saturated carbocycles. The lowest BCUT2D eigenvalue weighted by molar-refractivity contribution is -0.126. The SMILES string of the molecule is Cc1nc(C)n([C@@H](C)CNC(=O)C2CCN(Cc3ccccc3Cl)CC2)n1. The van der Waals surface area contributed by atoms with Crippen LogP contribution in [-0.4, -0.2) is 45.2 Å². The van der Waals surface area contributed by atoms with Gasteiger partial charge < -0.3 is 5.32 Å². The fourth-order valence-corrected chi connectivity index (χ4v) is 3.85. The lowest BCUT2D eigenvalue weighted by Crippen LogP contribution is -2.41. The number of aromatic nitrogens is 3. The minimum atomic E-state index is 0.0817. The standard InChI is InChI=1S/C20H28ClN5O/c1-14(26-16(3)23-15(2)24-26)12-22-20(27)17-8-10-25(11-9-17)13-18-6-4-5-7-19(18)21/h4-7,14,17H,8-13H2,1-3H3,(H,22,27)/t14-/m0/s1. The maximum Gasteiger partial charge on any atom is 0.223 e. The fourth-order valence-electron chi connectivity index (χ4n) is 3.65. The van der Waals surface area contributed by atoms with Crippen LogP contribution in [0.4, 0.5) is 0 Å². The summed E-state index contributed by atoms with van der Waals surface area (Å²) >= 11 is 6.25. The van der Waals surface area contributed by atoms with Crippen LogP contribution in [0.15, 0.2) is 24.3 Å². The molecule has 0 unspecified atom stereocenters. The highest BCUT2D eigenvalue weighted by Gasteiger charge is 2.25. The summed E-state index contributed by atoms with van der Waals surface area (Å²) in [5.74, 6) is 1.87. The van der Waals surface area contributed by atoms with Crippen LogP contribution < -0.4 is 5.32 Å². The van der Waals surface area contributed by atoms with E-state index in [1.807, 2.05) is 43.7 Å². The summed E-state index contributed by atoms with van der Waals surface area (Å²) in [5.41, 5.74) is 1.15. The van der Waals surface area contributed by atoms with Gasteiger partial charge in [0.25, 0.3) is 0 Å². The van der Waals surface area contributed by atoms with Crippen molar-refractivity contribution in [2.45, 2.75) is 46.2 Å². The summed E-state index contributed by atoms with van der Waals surface area (Å²) < 4.78 is 1.88. The summed E-state index contributed by atoms with van der Waals surface area (Å²) in [6.45, 7) is 9.12. The number of hydrogen-bond acceptors (Lipinski definition) is 4. The molecule has 0 radical (unpaired) electrons. The molecule has 0 aliphatic carbocycles. The lowest BCUT2D eigenvalue weighted by Gasteiger charge is -2.31. The smallest absolute Gasteiger partial charge is 0.223 e. The highest BCUT2D eigenvalue weighted by Crippen LogP contribution is 2.22. The van der Waals surface area contributed by atoms with Crippen LogP contribution in [0, 0.1) is 19.8 Å². The Balaban J connectivity index is 1.44. The monoisotopic (exact) mass is 389 g/mol. The number of nitrogens with zero attached hydrogens (tertiary/aromatic N) is 4. The van der Waals surface area contributed by atoms with E-state index in [9.17, 15) is 4.79 Å². The number of halogens is 1. The largest absolute Gasteiger partial charge is 0.354 e. The number of piperidine rings is 1. The minimum absolute atomic E-state index is 0.0817. The van der Waals surface area contributed by atoms with Crippen molar-refractivity contribution >= 4 is 17.5 Å². The third-order valence-corrected chi connectivity index (χ3v) is 5.58. The molecule has 1 N–H and O–H groups in total. The second-order valence-corrected chi connectivity index (χ2v) is 7.79. The molecule has 3 rings (SSSR count). The van der Waals surface area contributed by atoms with Crippen LogP contribution in [0.2, 0.25) is 5.02 Å². The van der Waals surface area contributed by atoms with Crippen LogP contribution in [0.25, 0.3) is 0 Å². The van der Waals surface area contributed by atoms with Gasteiger partial charge in [-0.15, -0.1) is 0 Å². The predicted molar refractivity (Wildman–Crippen MR) is 107 cm³/mol. The number of amides is 1. The molecule has 1 atom stereocenters. The maximum atomic E-state index is 12.5. The van der Waals surface area contributed by atoms with E-state index in [-0.39, 0.29) is 17.9 Å². The average molecular weight is 390 g/mol. The van der Waals surface area contributed by atoms with E-state index >= 15 is 0 Å². The van der Waals surface area contributed by atoms with Crippen molar-refractivity contribution in [1.82, 2.24) is 25.0 Å². The molecule has 1 aliphatic rings. The summed E-state index contributed by atoms with van der Waals surface area (Å²) in [5, 5.41) is 8.30. The Labute approximate surface area is 165 Å². The number of nitrogens with one attached hydrogen (secondary N) is 1. The topological polar surface area (TPSA) is 63.1 Å². The molecule has 2 aromatic rings. The van der Waals surface area contributed by atoms with E-state index < -0.39 is 0 Å². The Morgan fingerprint density at radius 2 is 2.00 bits per heavy atom. The zero-order chi connectivity index (χ0) is 19.4. The van der Waals surface area contributed by atoms with Gasteiger partial charge >= 0.3 is 0 Å². The van der Waals surface area contributed by atoms with Gasteiger partial charge in [0.2, 0.25) is 5.91 Å². The molecule has 1 aliphatic heterocycles. The summed E-state index contributed by atoms with van der Waals surface area (Å²) in [7, 11) is 0. The normalized spacial score (nSPS) is 17.0. The number of benzene rings is 1. The van der Waals surface area contributed by atoms with E-state index in [0.717, 1.165) is 54.7 Å². The Kier molecular flexibility index (Phi) is 6.50. The van der Waals surface area contributed by atoms with Gasteiger partial charge in [-0.05, 0) is 58.3 Å². The molecule has 1 amide bonds. The van der Waals surface area contributed by atoms with Gasteiger partial charge in [-0.1, -0.05) is 29.8 Å². The van der Waals surface area contributed by atoms with Crippen molar-refractivity contribution in [2.24, 2.45) is 5.92 Å². The number of carbonyl (C=O) groups is 1. The molecular formula is C20H28ClN5O. The van der Waals surface area contributed by atoms with Crippen molar-refractivity contribution in [3.05, 3.63) is 46.5 Å². The lowest BCUT2D eigenvalue weighted by atomic mass is 9.95. The molecule has 0 bridgehead atoms. The van der Waals surface area contributed by atoms with Gasteiger partial charge in [-0.25, -0.2) is 9.67 Å². The van der Waals surface area contributed by atoms with Crippen molar-refractivity contribution in [3.8, 4) is 0 Å². The Hall–Kier alpha value is -1.92. The highest BCUT2D eigenvalue weighted by atomic mass is 35.5. The molecular weight excluding hydrogens is 362 g/mol. The number of aryl methyl sites for hydroxylation is 2. The molecule has 7 heteroatoms. The predicted octanol–water partition coefficient (Wildman–Crippen LogP) is 3.14. The van der Waals surface area contributed by atoms with Crippen molar-refractivity contribution in [3.63, 3.8) is 0 Å². The summed E-state index contributed by atoms with van der Waals surface area (Å²) in [6, 6.07) is 8.05. The second kappa shape index (κ2) is 8.85. The molecule has 1 saturated heterocycles. The van der Waals surface area contributed by atoms with Gasteiger partial charge in [-0.2, -0.15) is 5.10 Å². The molecule has 2 heterocycles. The molecule has 1 aromatic heterocycles. The first-order valence-electron chi connectivity index (χ1n) is 9.57. The quantitative estimate of drug-likeness (QED) is 0.824. The molecule has 1 aromatic carbocycles. The van der Waals surface area contributed by atoms with Gasteiger partial charge in [0.1, 0.15) is 11.6 Å². The van der Waals surface area contributed by atoms with E-state index in [0.29, 0.717) is 6.54 Å². The first-order chi connectivity index (χ1) is 12.9.